The third-order valence-corrected chi connectivity index (χ3v) is 4.65. The average molecular weight is 304 g/mol. The van der Waals surface area contributed by atoms with Gasteiger partial charge < -0.3 is 5.11 Å². The van der Waals surface area contributed by atoms with Crippen LogP contribution in [0.15, 0.2) is 64.8 Å². The lowest BCUT2D eigenvalue weighted by Gasteiger charge is -2.08. The summed E-state index contributed by atoms with van der Waals surface area (Å²) in [6.07, 6.45) is 0. The highest BCUT2D eigenvalue weighted by atomic mass is 32.2. The first-order valence-electron chi connectivity index (χ1n) is 6.43. The van der Waals surface area contributed by atoms with E-state index in [9.17, 15) is 13.5 Å². The summed E-state index contributed by atoms with van der Waals surface area (Å²) < 4.78 is 23.6. The Bertz CT molecular complexity index is 726. The van der Waals surface area contributed by atoms with Gasteiger partial charge in [0.2, 0.25) is 0 Å². The Labute approximate surface area is 123 Å². The van der Waals surface area contributed by atoms with Crippen LogP contribution in [0, 0.1) is 0 Å². The summed E-state index contributed by atoms with van der Waals surface area (Å²) >= 11 is 0. The highest BCUT2D eigenvalue weighted by Crippen LogP contribution is 2.24. The fraction of sp³-hybridized carbons (Fsp3) is 0.200. The van der Waals surface area contributed by atoms with Crippen molar-refractivity contribution in [3.63, 3.8) is 0 Å². The first-order chi connectivity index (χ1) is 9.99. The van der Waals surface area contributed by atoms with Crippen LogP contribution in [0.5, 0.6) is 0 Å². The zero-order chi connectivity index (χ0) is 15.3. The molecule has 2 rings (SSSR count). The zero-order valence-corrected chi connectivity index (χ0v) is 12.4. The Hall–Kier alpha value is -2.05. The van der Waals surface area contributed by atoms with Crippen molar-refractivity contribution in [2.24, 2.45) is 10.2 Å². The third-order valence-electron chi connectivity index (χ3n) is 2.90. The monoisotopic (exact) mass is 304 g/mol. The lowest BCUT2D eigenvalue weighted by Crippen LogP contribution is -2.18. The number of nitrogens with zero attached hydrogens (tertiary/aromatic N) is 2. The maximum absolute atomic E-state index is 11.8. The average Bonchev–Trinajstić information content (AvgIpc) is 2.47. The molecule has 0 aliphatic carbocycles. The van der Waals surface area contributed by atoms with E-state index in [1.165, 1.54) is 6.92 Å². The molecule has 2 aromatic rings. The van der Waals surface area contributed by atoms with Crippen LogP contribution < -0.4 is 0 Å². The van der Waals surface area contributed by atoms with E-state index < -0.39 is 15.3 Å². The first kappa shape index (κ1) is 15.3. The number of aliphatic hydroxyl groups excluding tert-OH is 1. The predicted molar refractivity (Wildman–Crippen MR) is 81.4 cm³/mol. The van der Waals surface area contributed by atoms with Crippen molar-refractivity contribution in [3.8, 4) is 0 Å². The van der Waals surface area contributed by atoms with E-state index in [2.05, 4.69) is 10.2 Å². The summed E-state index contributed by atoms with van der Waals surface area (Å²) in [5, 5.41) is 17.5. The molecule has 0 saturated carbocycles. The lowest BCUT2D eigenvalue weighted by atomic mass is 10.2. The van der Waals surface area contributed by atoms with Crippen LogP contribution in [0.1, 0.15) is 12.5 Å². The number of hydrogen-bond acceptors (Lipinski definition) is 5. The van der Waals surface area contributed by atoms with Gasteiger partial charge in [0.25, 0.3) is 0 Å². The van der Waals surface area contributed by atoms with Crippen LogP contribution >= 0.6 is 0 Å². The minimum absolute atomic E-state index is 0.269. The number of rotatable bonds is 5. The van der Waals surface area contributed by atoms with Gasteiger partial charge in [0, 0.05) is 0 Å². The molecule has 6 heteroatoms. The summed E-state index contributed by atoms with van der Waals surface area (Å²) in [5.41, 5.74) is 0.269. The van der Waals surface area contributed by atoms with Gasteiger partial charge in [-0.3, -0.25) is 0 Å². The molecule has 0 aromatic heterocycles. The Balaban J connectivity index is 2.28. The highest BCUT2D eigenvalue weighted by Gasteiger charge is 2.20. The van der Waals surface area contributed by atoms with Gasteiger partial charge in [0.15, 0.2) is 15.3 Å². The summed E-state index contributed by atoms with van der Waals surface area (Å²) in [6, 6.07) is 16.0. The molecule has 21 heavy (non-hydrogen) atoms. The van der Waals surface area contributed by atoms with Gasteiger partial charge in [-0.05, 0) is 30.7 Å². The van der Waals surface area contributed by atoms with E-state index in [-0.39, 0.29) is 5.75 Å². The summed E-state index contributed by atoms with van der Waals surface area (Å²) in [7, 11) is -3.60. The number of hydrogen-bond donors (Lipinski definition) is 1. The summed E-state index contributed by atoms with van der Waals surface area (Å²) in [6.45, 7) is 1.24. The Morgan fingerprint density at radius 3 is 2.29 bits per heavy atom. The number of aliphatic hydroxyl groups is 1. The molecule has 1 atom stereocenters. The molecule has 0 aliphatic heterocycles. The number of azo groups is 1. The van der Waals surface area contributed by atoms with Gasteiger partial charge in [-0.15, -0.1) is 0 Å². The molecule has 0 amide bonds. The second kappa shape index (κ2) is 6.60. The van der Waals surface area contributed by atoms with Crippen molar-refractivity contribution in [2.45, 2.75) is 18.1 Å². The summed E-state index contributed by atoms with van der Waals surface area (Å²) in [4.78, 5) is 0. The molecule has 0 heterocycles. The van der Waals surface area contributed by atoms with Crippen molar-refractivity contribution in [3.05, 3.63) is 60.2 Å². The largest absolute Gasteiger partial charge is 0.377 e. The molecule has 2 aromatic carbocycles. The van der Waals surface area contributed by atoms with Crippen molar-refractivity contribution in [1.82, 2.24) is 0 Å². The molecular formula is C15H16N2O3S. The number of benzene rings is 2. The van der Waals surface area contributed by atoms with Crippen LogP contribution in [0.2, 0.25) is 0 Å². The van der Waals surface area contributed by atoms with Crippen molar-refractivity contribution >= 4 is 21.2 Å². The van der Waals surface area contributed by atoms with E-state index in [0.717, 1.165) is 0 Å². The topological polar surface area (TPSA) is 79.1 Å². The summed E-state index contributed by atoms with van der Waals surface area (Å²) in [5.74, 6) is -0.269. The highest BCUT2D eigenvalue weighted by molar-refractivity contribution is 7.91. The number of sulfone groups is 1. The second-order valence-corrected chi connectivity index (χ2v) is 6.87. The molecule has 5 nitrogen and oxygen atoms in total. The van der Waals surface area contributed by atoms with Crippen LogP contribution in [0.4, 0.5) is 11.4 Å². The quantitative estimate of drug-likeness (QED) is 0.860. The third kappa shape index (κ3) is 4.21. The van der Waals surface area contributed by atoms with Gasteiger partial charge in [0.05, 0.1) is 17.1 Å². The smallest absolute Gasteiger partial charge is 0.180 e. The molecule has 0 saturated heterocycles. The van der Waals surface area contributed by atoms with Crippen molar-refractivity contribution in [2.75, 3.05) is 0 Å². The lowest BCUT2D eigenvalue weighted by molar-refractivity contribution is 0.268. The van der Waals surface area contributed by atoms with E-state index in [4.69, 9.17) is 0 Å². The molecule has 1 N–H and O–H groups in total. The van der Waals surface area contributed by atoms with E-state index in [1.807, 2.05) is 18.2 Å². The Morgan fingerprint density at radius 1 is 1.00 bits per heavy atom. The minimum atomic E-state index is -3.60. The predicted octanol–water partition coefficient (Wildman–Crippen LogP) is 3.36. The Kier molecular flexibility index (Phi) is 4.82. The molecule has 0 aliphatic rings. The molecule has 0 fully saturated rings. The Morgan fingerprint density at radius 2 is 1.62 bits per heavy atom. The molecule has 0 spiro atoms. The zero-order valence-electron chi connectivity index (χ0n) is 11.5. The molecular weight excluding hydrogens is 288 g/mol. The molecule has 0 radical (unpaired) electrons. The van der Waals surface area contributed by atoms with Crippen LogP contribution in [0.3, 0.4) is 0 Å². The van der Waals surface area contributed by atoms with Crippen LogP contribution in [-0.2, 0) is 15.6 Å². The normalized spacial score (nSPS) is 13.4. The van der Waals surface area contributed by atoms with E-state index in [1.54, 1.807) is 36.4 Å². The van der Waals surface area contributed by atoms with Gasteiger partial charge >= 0.3 is 0 Å². The molecule has 1 unspecified atom stereocenters. The SMILES string of the molecule is CC(O)S(=O)(=O)Cc1ccccc1N=Nc1ccccc1. The van der Waals surface area contributed by atoms with E-state index >= 15 is 0 Å². The maximum Gasteiger partial charge on any atom is 0.180 e. The fourth-order valence-corrected chi connectivity index (χ4v) is 2.59. The van der Waals surface area contributed by atoms with Gasteiger partial charge in [-0.25, -0.2) is 8.42 Å². The van der Waals surface area contributed by atoms with Gasteiger partial charge in [-0.1, -0.05) is 36.4 Å². The fourth-order valence-electron chi connectivity index (χ4n) is 1.67. The van der Waals surface area contributed by atoms with Crippen molar-refractivity contribution in [1.29, 1.82) is 0 Å². The minimum Gasteiger partial charge on any atom is -0.377 e. The van der Waals surface area contributed by atoms with E-state index in [0.29, 0.717) is 16.9 Å². The molecule has 110 valence electrons. The maximum atomic E-state index is 11.8. The van der Waals surface area contributed by atoms with Gasteiger partial charge in [0.1, 0.15) is 0 Å². The first-order valence-corrected chi connectivity index (χ1v) is 8.15. The van der Waals surface area contributed by atoms with Gasteiger partial charge in [-0.2, -0.15) is 10.2 Å². The standard InChI is InChI=1S/C15H16N2O3S/c1-12(18)21(19,20)11-13-7-5-6-10-15(13)17-16-14-8-3-2-4-9-14/h2-10,12,18H,11H2,1H3. The van der Waals surface area contributed by atoms with Crippen LogP contribution in [0.25, 0.3) is 0 Å². The second-order valence-electron chi connectivity index (χ2n) is 4.57. The van der Waals surface area contributed by atoms with Crippen LogP contribution in [-0.4, -0.2) is 19.0 Å². The van der Waals surface area contributed by atoms with Crippen molar-refractivity contribution < 1.29 is 13.5 Å². The molecule has 0 bridgehead atoms.